The summed E-state index contributed by atoms with van der Waals surface area (Å²) in [6, 6.07) is 0. The normalized spacial score (nSPS) is 13.3. The number of hydrogen-bond donors (Lipinski definition) is 0. The summed E-state index contributed by atoms with van der Waals surface area (Å²) >= 11 is 0. The van der Waals surface area contributed by atoms with E-state index in [0.717, 1.165) is 11.8 Å². The van der Waals surface area contributed by atoms with Crippen LogP contribution in [0, 0.1) is 17.3 Å². The molecule has 0 aliphatic rings. The summed E-state index contributed by atoms with van der Waals surface area (Å²) in [7, 11) is 4.36. The van der Waals surface area contributed by atoms with E-state index in [9.17, 15) is 0 Å². The molecule has 0 spiro atoms. The minimum Gasteiger partial charge on any atom is -0.309 e. The lowest BCUT2D eigenvalue weighted by atomic mass is 9.75. The third-order valence-electron chi connectivity index (χ3n) is 2.50. The molecule has 0 fully saturated rings. The second-order valence-electron chi connectivity index (χ2n) is 6.24. The molecule has 0 rings (SSSR count). The van der Waals surface area contributed by atoms with Gasteiger partial charge in [-0.05, 0) is 44.2 Å². The van der Waals surface area contributed by atoms with E-state index in [1.165, 1.54) is 19.4 Å². The molecule has 0 N–H and O–H groups in total. The quantitative estimate of drug-likeness (QED) is 0.631. The summed E-state index contributed by atoms with van der Waals surface area (Å²) in [4.78, 5) is 2.32. The molecule has 1 nitrogen and oxygen atoms in total. The molecule has 0 aromatic rings. The smallest absolute Gasteiger partial charge is 0.00294 e. The van der Waals surface area contributed by atoms with Gasteiger partial charge in [0.1, 0.15) is 0 Å². The van der Waals surface area contributed by atoms with E-state index >= 15 is 0 Å². The highest BCUT2D eigenvalue weighted by Crippen LogP contribution is 2.33. The molecule has 0 aliphatic carbocycles. The maximum absolute atomic E-state index is 2.44. The highest BCUT2D eigenvalue weighted by Gasteiger charge is 2.26. The van der Waals surface area contributed by atoms with Gasteiger partial charge < -0.3 is 4.90 Å². The highest BCUT2D eigenvalue weighted by molar-refractivity contribution is 4.79. The van der Waals surface area contributed by atoms with Gasteiger partial charge in [0, 0.05) is 6.54 Å². The molecular weight excluding hydrogens is 170 g/mol. The third kappa shape index (κ3) is 6.42. The van der Waals surface area contributed by atoms with Gasteiger partial charge in [0.25, 0.3) is 0 Å². The molecule has 0 heterocycles. The van der Waals surface area contributed by atoms with Crippen LogP contribution in [0.2, 0.25) is 0 Å². The minimum atomic E-state index is 0.492. The molecule has 0 unspecified atom stereocenters. The average molecular weight is 199 g/mol. The molecule has 0 saturated carbocycles. The zero-order valence-electron chi connectivity index (χ0n) is 11.2. The van der Waals surface area contributed by atoms with Crippen LogP contribution in [0.15, 0.2) is 0 Å². The Morgan fingerprint density at radius 1 is 0.929 bits per heavy atom. The van der Waals surface area contributed by atoms with Crippen molar-refractivity contribution >= 4 is 0 Å². The topological polar surface area (TPSA) is 3.24 Å². The fraction of sp³-hybridized carbons (Fsp3) is 1.00. The van der Waals surface area contributed by atoms with E-state index in [4.69, 9.17) is 0 Å². The Morgan fingerprint density at radius 2 is 1.29 bits per heavy atom. The van der Waals surface area contributed by atoms with Crippen LogP contribution in [0.1, 0.15) is 47.5 Å². The van der Waals surface area contributed by atoms with E-state index < -0.39 is 0 Å². The maximum atomic E-state index is 2.44. The molecule has 14 heavy (non-hydrogen) atoms. The second-order valence-corrected chi connectivity index (χ2v) is 6.24. The third-order valence-corrected chi connectivity index (χ3v) is 2.50. The van der Waals surface area contributed by atoms with Gasteiger partial charge in [-0.1, -0.05) is 34.6 Å². The summed E-state index contributed by atoms with van der Waals surface area (Å²) < 4.78 is 0. The summed E-state index contributed by atoms with van der Waals surface area (Å²) in [6.45, 7) is 13.0. The lowest BCUT2D eigenvalue weighted by molar-refractivity contribution is 0.149. The fourth-order valence-corrected chi connectivity index (χ4v) is 2.95. The van der Waals surface area contributed by atoms with Gasteiger partial charge >= 0.3 is 0 Å². The minimum absolute atomic E-state index is 0.492. The zero-order valence-corrected chi connectivity index (χ0v) is 11.2. The first kappa shape index (κ1) is 14.0. The Labute approximate surface area is 90.9 Å². The van der Waals surface area contributed by atoms with Crippen LogP contribution in [-0.4, -0.2) is 25.5 Å². The van der Waals surface area contributed by atoms with E-state index in [-0.39, 0.29) is 0 Å². The van der Waals surface area contributed by atoms with Crippen LogP contribution >= 0.6 is 0 Å². The Hall–Kier alpha value is -0.0400. The molecule has 0 radical (unpaired) electrons. The predicted molar refractivity (Wildman–Crippen MR) is 65.6 cm³/mol. The molecule has 1 heteroatoms. The van der Waals surface area contributed by atoms with Crippen LogP contribution in [0.5, 0.6) is 0 Å². The van der Waals surface area contributed by atoms with Crippen LogP contribution in [0.4, 0.5) is 0 Å². The number of rotatable bonds is 6. The molecule has 0 aromatic heterocycles. The average Bonchev–Trinajstić information content (AvgIpc) is 1.76. The van der Waals surface area contributed by atoms with Crippen LogP contribution in [0.3, 0.4) is 0 Å². The van der Waals surface area contributed by atoms with Crippen molar-refractivity contribution in [2.75, 3.05) is 20.6 Å². The summed E-state index contributed by atoms with van der Waals surface area (Å²) in [5.41, 5.74) is 0.492. The Kier molecular flexibility index (Phi) is 5.73. The van der Waals surface area contributed by atoms with Gasteiger partial charge in [-0.15, -0.1) is 0 Å². The van der Waals surface area contributed by atoms with E-state index in [0.29, 0.717) is 5.41 Å². The second kappa shape index (κ2) is 5.75. The van der Waals surface area contributed by atoms with Crippen molar-refractivity contribution in [2.45, 2.75) is 47.5 Å². The van der Waals surface area contributed by atoms with Gasteiger partial charge in [0.2, 0.25) is 0 Å². The molecule has 0 amide bonds. The summed E-state index contributed by atoms with van der Waals surface area (Å²) in [6.07, 6.45) is 2.67. The lowest BCUT2D eigenvalue weighted by Crippen LogP contribution is -2.33. The fourth-order valence-electron chi connectivity index (χ4n) is 2.95. The molecule has 0 atom stereocenters. The summed E-state index contributed by atoms with van der Waals surface area (Å²) in [5, 5.41) is 0. The van der Waals surface area contributed by atoms with Crippen molar-refractivity contribution in [1.29, 1.82) is 0 Å². The van der Waals surface area contributed by atoms with Crippen molar-refractivity contribution in [3.05, 3.63) is 0 Å². The van der Waals surface area contributed by atoms with Crippen LogP contribution in [-0.2, 0) is 0 Å². The standard InChI is InChI=1S/C13H29N/c1-11(2)8-13(5,9-12(3)4)10-14(6)7/h11-12H,8-10H2,1-7H3. The van der Waals surface area contributed by atoms with E-state index in [1.54, 1.807) is 0 Å². The van der Waals surface area contributed by atoms with Crippen LogP contribution < -0.4 is 0 Å². The van der Waals surface area contributed by atoms with E-state index in [2.05, 4.69) is 53.6 Å². The van der Waals surface area contributed by atoms with Gasteiger partial charge in [-0.2, -0.15) is 0 Å². The largest absolute Gasteiger partial charge is 0.309 e. The van der Waals surface area contributed by atoms with Crippen molar-refractivity contribution in [3.8, 4) is 0 Å². The van der Waals surface area contributed by atoms with E-state index in [1.807, 2.05) is 0 Å². The first-order valence-corrected chi connectivity index (χ1v) is 5.90. The van der Waals surface area contributed by atoms with Crippen molar-refractivity contribution in [3.63, 3.8) is 0 Å². The van der Waals surface area contributed by atoms with Gasteiger partial charge in [-0.25, -0.2) is 0 Å². The SMILES string of the molecule is CC(C)CC(C)(CC(C)C)CN(C)C. The zero-order chi connectivity index (χ0) is 11.4. The molecule has 0 bridgehead atoms. The van der Waals surface area contributed by atoms with Gasteiger partial charge in [0.15, 0.2) is 0 Å². The molecular formula is C13H29N. The maximum Gasteiger partial charge on any atom is 0.00294 e. The first-order valence-electron chi connectivity index (χ1n) is 5.90. The molecule has 86 valence electrons. The number of hydrogen-bond acceptors (Lipinski definition) is 1. The number of nitrogens with zero attached hydrogens (tertiary/aromatic N) is 1. The monoisotopic (exact) mass is 199 g/mol. The highest BCUT2D eigenvalue weighted by atomic mass is 15.1. The lowest BCUT2D eigenvalue weighted by Gasteiger charge is -2.35. The molecule has 0 saturated heterocycles. The molecule has 0 aromatic carbocycles. The van der Waals surface area contributed by atoms with Crippen molar-refractivity contribution < 1.29 is 0 Å². The summed E-state index contributed by atoms with van der Waals surface area (Å²) in [5.74, 6) is 1.61. The molecule has 0 aliphatic heterocycles. The van der Waals surface area contributed by atoms with Gasteiger partial charge in [-0.3, -0.25) is 0 Å². The Balaban J connectivity index is 4.32. The van der Waals surface area contributed by atoms with Gasteiger partial charge in [0.05, 0.1) is 0 Å². The van der Waals surface area contributed by atoms with Crippen molar-refractivity contribution in [2.24, 2.45) is 17.3 Å². The predicted octanol–water partition coefficient (Wildman–Crippen LogP) is 3.65. The Morgan fingerprint density at radius 3 is 1.50 bits per heavy atom. The Bertz CT molecular complexity index is 121. The van der Waals surface area contributed by atoms with Crippen LogP contribution in [0.25, 0.3) is 0 Å². The van der Waals surface area contributed by atoms with Crippen molar-refractivity contribution in [1.82, 2.24) is 4.90 Å². The first-order chi connectivity index (χ1) is 6.25.